The third kappa shape index (κ3) is 3.65. The van der Waals surface area contributed by atoms with Gasteiger partial charge in [-0.3, -0.25) is 0 Å². The summed E-state index contributed by atoms with van der Waals surface area (Å²) in [7, 11) is 0. The first-order chi connectivity index (χ1) is 10.5. The molecule has 0 bridgehead atoms. The van der Waals surface area contributed by atoms with Crippen molar-refractivity contribution < 1.29 is 13.8 Å². The van der Waals surface area contributed by atoms with Crippen LogP contribution < -0.4 is 10.5 Å². The van der Waals surface area contributed by atoms with Crippen LogP contribution in [0.2, 0.25) is 5.02 Å². The molecule has 0 unspecified atom stereocenters. The second-order valence-electron chi connectivity index (χ2n) is 4.53. The van der Waals surface area contributed by atoms with Crippen LogP contribution in [-0.4, -0.2) is 10.3 Å². The van der Waals surface area contributed by atoms with Gasteiger partial charge in [-0.15, -0.1) is 0 Å². The molecule has 2 aromatic carbocycles. The monoisotopic (exact) mass is 323 g/mol. The fraction of sp³-hybridized carbons (Fsp3) is 0.200. The minimum absolute atomic E-state index is 0.0546. The van der Waals surface area contributed by atoms with E-state index in [-0.39, 0.29) is 16.5 Å². The fourth-order valence-corrected chi connectivity index (χ4v) is 1.76. The Balaban J connectivity index is 0.000000545. The van der Waals surface area contributed by atoms with Gasteiger partial charge in [0.25, 0.3) is 0 Å². The third-order valence-electron chi connectivity index (χ3n) is 2.51. The van der Waals surface area contributed by atoms with Gasteiger partial charge < -0.3 is 10.5 Å². The van der Waals surface area contributed by atoms with Crippen molar-refractivity contribution in [2.75, 3.05) is 5.73 Å². The van der Waals surface area contributed by atoms with Crippen molar-refractivity contribution in [3.63, 3.8) is 0 Å². The highest BCUT2D eigenvalue weighted by Crippen LogP contribution is 2.32. The van der Waals surface area contributed by atoms with Crippen LogP contribution in [0.25, 0.3) is 11.0 Å². The molecular formula is C15H15ClFN3O2. The number of halogens is 2. The molecule has 0 aliphatic carbocycles. The van der Waals surface area contributed by atoms with Crippen LogP contribution in [0.4, 0.5) is 10.1 Å². The van der Waals surface area contributed by atoms with Gasteiger partial charge in [-0.25, -0.2) is 9.02 Å². The number of nitrogens with zero attached hydrogens (tertiary/aromatic N) is 2. The predicted molar refractivity (Wildman–Crippen MR) is 83.7 cm³/mol. The number of fused-ring (bicyclic) bond motifs is 1. The Bertz CT molecular complexity index is 777. The molecule has 22 heavy (non-hydrogen) atoms. The van der Waals surface area contributed by atoms with Gasteiger partial charge in [0.1, 0.15) is 22.6 Å². The maximum atomic E-state index is 13.4. The lowest BCUT2D eigenvalue weighted by atomic mass is 10.2. The third-order valence-corrected chi connectivity index (χ3v) is 2.80. The molecule has 5 nitrogen and oxygen atoms in total. The van der Waals surface area contributed by atoms with Gasteiger partial charge in [0, 0.05) is 12.1 Å². The first kappa shape index (κ1) is 16.0. The molecule has 0 radical (unpaired) electrons. The van der Waals surface area contributed by atoms with Gasteiger partial charge in [-0.05, 0) is 28.5 Å². The molecule has 3 aromatic rings. The van der Waals surface area contributed by atoms with Crippen molar-refractivity contribution in [1.82, 2.24) is 10.3 Å². The normalized spacial score (nSPS) is 10.2. The summed E-state index contributed by atoms with van der Waals surface area (Å²) in [6.45, 7) is 4.25. The molecule has 0 saturated heterocycles. The van der Waals surface area contributed by atoms with Gasteiger partial charge in [-0.1, -0.05) is 31.9 Å². The number of nitrogen functional groups attached to an aromatic ring is 1. The number of anilines is 1. The topological polar surface area (TPSA) is 74.2 Å². The van der Waals surface area contributed by atoms with Crippen molar-refractivity contribution in [2.24, 2.45) is 0 Å². The number of hydrogen-bond acceptors (Lipinski definition) is 5. The summed E-state index contributed by atoms with van der Waals surface area (Å²) in [6.07, 6.45) is 1.25. The minimum atomic E-state index is -0.602. The number of hydrogen-bond donors (Lipinski definition) is 1. The van der Waals surface area contributed by atoms with E-state index < -0.39 is 5.82 Å². The van der Waals surface area contributed by atoms with Crippen LogP contribution in [0, 0.1) is 5.82 Å². The molecule has 116 valence electrons. The molecule has 0 atom stereocenters. The van der Waals surface area contributed by atoms with Crippen molar-refractivity contribution in [3.8, 4) is 11.5 Å². The van der Waals surface area contributed by atoms with E-state index in [1.54, 1.807) is 18.2 Å². The zero-order valence-electron chi connectivity index (χ0n) is 12.1. The molecule has 0 amide bonds. The molecule has 1 heterocycles. The summed E-state index contributed by atoms with van der Waals surface area (Å²) in [5, 5.41) is 7.29. The molecule has 0 spiro atoms. The quantitative estimate of drug-likeness (QED) is 0.685. The van der Waals surface area contributed by atoms with Crippen molar-refractivity contribution in [2.45, 2.75) is 20.3 Å². The van der Waals surface area contributed by atoms with Crippen LogP contribution in [0.5, 0.6) is 11.5 Å². The molecule has 1 aromatic heterocycles. The van der Waals surface area contributed by atoms with Crippen LogP contribution in [0.3, 0.4) is 0 Å². The van der Waals surface area contributed by atoms with Gasteiger partial charge in [0.15, 0.2) is 5.75 Å². The van der Waals surface area contributed by atoms with E-state index in [4.69, 9.17) is 22.1 Å². The summed E-state index contributed by atoms with van der Waals surface area (Å²) in [5.41, 5.74) is 7.08. The number of aromatic nitrogens is 2. The van der Waals surface area contributed by atoms with E-state index >= 15 is 0 Å². The Labute approximate surface area is 131 Å². The van der Waals surface area contributed by atoms with Crippen LogP contribution in [0.15, 0.2) is 35.0 Å². The highest BCUT2D eigenvalue weighted by Gasteiger charge is 2.09. The number of ether oxygens (including phenoxy) is 1. The lowest BCUT2D eigenvalue weighted by Gasteiger charge is -2.09. The first-order valence-electron chi connectivity index (χ1n) is 6.69. The molecule has 0 fully saturated rings. The Hall–Kier alpha value is -2.34. The van der Waals surface area contributed by atoms with E-state index in [0.29, 0.717) is 16.8 Å². The zero-order chi connectivity index (χ0) is 16.1. The van der Waals surface area contributed by atoms with Crippen LogP contribution in [0.1, 0.15) is 20.3 Å². The van der Waals surface area contributed by atoms with E-state index in [1.165, 1.54) is 12.5 Å². The van der Waals surface area contributed by atoms with Gasteiger partial charge in [0.05, 0.1) is 10.7 Å². The predicted octanol–water partition coefficient (Wildman–Crippen LogP) is 4.81. The minimum Gasteiger partial charge on any atom is -0.455 e. The SMILES string of the molecule is CCC.Nc1cc(Cl)c(F)cc1Oc1ccc2nonc2c1. The first-order valence-corrected chi connectivity index (χ1v) is 7.07. The summed E-state index contributed by atoms with van der Waals surface area (Å²) in [5.74, 6) is 0.0179. The largest absolute Gasteiger partial charge is 0.455 e. The fourth-order valence-electron chi connectivity index (χ4n) is 1.58. The molecule has 0 aliphatic heterocycles. The molecule has 0 aliphatic rings. The maximum Gasteiger partial charge on any atom is 0.153 e. The van der Waals surface area contributed by atoms with E-state index in [1.807, 2.05) is 0 Å². The maximum absolute atomic E-state index is 13.4. The van der Waals surface area contributed by atoms with Crippen LogP contribution >= 0.6 is 11.6 Å². The average molecular weight is 324 g/mol. The van der Waals surface area contributed by atoms with Crippen molar-refractivity contribution >= 4 is 28.3 Å². The van der Waals surface area contributed by atoms with Crippen LogP contribution in [-0.2, 0) is 0 Å². The summed E-state index contributed by atoms with van der Waals surface area (Å²) in [6, 6.07) is 7.35. The van der Waals surface area contributed by atoms with Crippen molar-refractivity contribution in [3.05, 3.63) is 41.2 Å². The lowest BCUT2D eigenvalue weighted by Crippen LogP contribution is -1.94. The molecule has 0 saturated carbocycles. The number of benzene rings is 2. The second-order valence-corrected chi connectivity index (χ2v) is 4.94. The van der Waals surface area contributed by atoms with Gasteiger partial charge in [-0.2, -0.15) is 0 Å². The summed E-state index contributed by atoms with van der Waals surface area (Å²) in [4.78, 5) is 0. The Morgan fingerprint density at radius 3 is 2.59 bits per heavy atom. The number of rotatable bonds is 2. The summed E-state index contributed by atoms with van der Waals surface area (Å²) >= 11 is 5.61. The second kappa shape index (κ2) is 7.09. The van der Waals surface area contributed by atoms with Gasteiger partial charge in [0.2, 0.25) is 0 Å². The average Bonchev–Trinajstić information content (AvgIpc) is 2.93. The van der Waals surface area contributed by atoms with E-state index in [9.17, 15) is 4.39 Å². The molecular weight excluding hydrogens is 309 g/mol. The standard InChI is InChI=1S/C12H7ClFN3O2.C3H8/c13-7-4-9(15)12(5-8(7)14)18-6-1-2-10-11(3-6)17-19-16-10;1-3-2/h1-5H,15H2;3H2,1-2H3. The number of nitrogens with two attached hydrogens (primary N) is 1. The molecule has 2 N–H and O–H groups in total. The smallest absolute Gasteiger partial charge is 0.153 e. The van der Waals surface area contributed by atoms with E-state index in [2.05, 4.69) is 28.8 Å². The lowest BCUT2D eigenvalue weighted by molar-refractivity contribution is 0.315. The highest BCUT2D eigenvalue weighted by molar-refractivity contribution is 6.31. The zero-order valence-corrected chi connectivity index (χ0v) is 12.9. The van der Waals surface area contributed by atoms with E-state index in [0.717, 1.165) is 6.07 Å². The Kier molecular flexibility index (Phi) is 5.16. The molecule has 3 rings (SSSR count). The molecule has 7 heteroatoms. The Morgan fingerprint density at radius 1 is 1.18 bits per heavy atom. The highest BCUT2D eigenvalue weighted by atomic mass is 35.5. The Morgan fingerprint density at radius 2 is 1.86 bits per heavy atom. The van der Waals surface area contributed by atoms with Gasteiger partial charge >= 0.3 is 0 Å². The van der Waals surface area contributed by atoms with Crippen molar-refractivity contribution in [1.29, 1.82) is 0 Å². The summed E-state index contributed by atoms with van der Waals surface area (Å²) < 4.78 is 23.4.